The van der Waals surface area contributed by atoms with E-state index in [1.807, 2.05) is 0 Å². The first kappa shape index (κ1) is 23.5. The minimum Gasteiger partial charge on any atom is -0.426 e. The van der Waals surface area contributed by atoms with E-state index in [1.165, 1.54) is 18.2 Å². The summed E-state index contributed by atoms with van der Waals surface area (Å²) in [4.78, 5) is 11.9. The molecule has 0 saturated carbocycles. The van der Waals surface area contributed by atoms with Crippen LogP contribution in [0.5, 0.6) is 5.75 Å². The Balaban J connectivity index is 2.56. The molecule has 0 aliphatic rings. The highest BCUT2D eigenvalue weighted by molar-refractivity contribution is 5.74. The molecule has 1 atom stereocenters. The number of halogens is 9. The van der Waals surface area contributed by atoms with E-state index in [4.69, 9.17) is 0 Å². The molecule has 0 aliphatic heterocycles. The minimum absolute atomic E-state index is 0.243. The minimum atomic E-state index is -5.81. The van der Waals surface area contributed by atoms with Gasteiger partial charge in [-0.15, -0.1) is 0 Å². The summed E-state index contributed by atoms with van der Waals surface area (Å²) in [5.41, 5.74) is -10.3. The van der Waals surface area contributed by atoms with Crippen LogP contribution in [0.25, 0.3) is 0 Å². The molecule has 2 aromatic rings. The van der Waals surface area contributed by atoms with Crippen molar-refractivity contribution in [3.8, 4) is 5.75 Å². The van der Waals surface area contributed by atoms with Gasteiger partial charge in [-0.25, -0.2) is 0 Å². The molecular weight excluding hydrogens is 435 g/mol. The monoisotopic (exact) mass is 446 g/mol. The molecule has 0 saturated heterocycles. The number of benzene rings is 2. The molecular formula is C18H11F9O3. The van der Waals surface area contributed by atoms with Gasteiger partial charge in [0, 0.05) is 0 Å². The summed E-state index contributed by atoms with van der Waals surface area (Å²) in [6.45, 7) is 0. The van der Waals surface area contributed by atoms with E-state index < -0.39 is 59.3 Å². The molecule has 0 aliphatic carbocycles. The van der Waals surface area contributed by atoms with Crippen LogP contribution in [0.2, 0.25) is 0 Å². The molecule has 2 aromatic carbocycles. The lowest BCUT2D eigenvalue weighted by Gasteiger charge is -2.31. The average molecular weight is 446 g/mol. The van der Waals surface area contributed by atoms with Crippen molar-refractivity contribution in [2.45, 2.75) is 30.6 Å². The third-order valence-corrected chi connectivity index (χ3v) is 3.91. The number of rotatable bonds is 4. The fraction of sp³-hybridized carbons (Fsp3) is 0.278. The highest BCUT2D eigenvalue weighted by Crippen LogP contribution is 2.45. The first-order chi connectivity index (χ1) is 13.5. The van der Waals surface area contributed by atoms with Crippen molar-refractivity contribution in [1.82, 2.24) is 0 Å². The molecule has 0 aromatic heterocycles. The van der Waals surface area contributed by atoms with Crippen LogP contribution >= 0.6 is 0 Å². The van der Waals surface area contributed by atoms with Crippen molar-refractivity contribution in [1.29, 1.82) is 0 Å². The highest BCUT2D eigenvalue weighted by Gasteiger charge is 2.57. The van der Waals surface area contributed by atoms with Gasteiger partial charge in [0.2, 0.25) is 0 Å². The van der Waals surface area contributed by atoms with Gasteiger partial charge in [0.1, 0.15) is 5.75 Å². The van der Waals surface area contributed by atoms with Crippen LogP contribution < -0.4 is 4.74 Å². The normalized spacial score (nSPS) is 14.9. The Kier molecular flexibility index (Phi) is 6.13. The van der Waals surface area contributed by atoms with Crippen molar-refractivity contribution in [3.63, 3.8) is 0 Å². The SMILES string of the molecule is O=C(CC(O)(c1cc(C(F)(F)F)cc(C(F)(F)F)c1)C(F)(F)F)Oc1ccccc1. The van der Waals surface area contributed by atoms with Gasteiger partial charge in [0.15, 0.2) is 5.60 Å². The summed E-state index contributed by atoms with van der Waals surface area (Å²) < 4.78 is 123. The first-order valence-corrected chi connectivity index (χ1v) is 7.89. The lowest BCUT2D eigenvalue weighted by atomic mass is 9.87. The molecule has 1 unspecified atom stereocenters. The van der Waals surface area contributed by atoms with Gasteiger partial charge in [0.05, 0.1) is 17.5 Å². The van der Waals surface area contributed by atoms with Gasteiger partial charge in [-0.1, -0.05) is 18.2 Å². The van der Waals surface area contributed by atoms with Crippen LogP contribution in [0.15, 0.2) is 48.5 Å². The Hall–Kier alpha value is -2.76. The van der Waals surface area contributed by atoms with Crippen LogP contribution in [-0.2, 0) is 22.7 Å². The zero-order chi connectivity index (χ0) is 23.0. The predicted octanol–water partition coefficient (Wildman–Crippen LogP) is 5.47. The molecule has 2 rings (SSSR count). The van der Waals surface area contributed by atoms with Crippen LogP contribution in [-0.4, -0.2) is 17.3 Å². The molecule has 164 valence electrons. The van der Waals surface area contributed by atoms with E-state index in [-0.39, 0.29) is 17.9 Å². The second kappa shape index (κ2) is 7.82. The fourth-order valence-corrected chi connectivity index (χ4v) is 2.42. The zero-order valence-electron chi connectivity index (χ0n) is 14.5. The summed E-state index contributed by atoms with van der Waals surface area (Å²) in [5.74, 6) is -1.97. The van der Waals surface area contributed by atoms with E-state index in [9.17, 15) is 49.4 Å². The maximum atomic E-state index is 13.5. The Morgan fingerprint density at radius 1 is 0.767 bits per heavy atom. The zero-order valence-corrected chi connectivity index (χ0v) is 14.5. The molecule has 0 bridgehead atoms. The molecule has 0 radical (unpaired) electrons. The topological polar surface area (TPSA) is 46.5 Å². The number of hydrogen-bond acceptors (Lipinski definition) is 3. The smallest absolute Gasteiger partial charge is 0.422 e. The lowest BCUT2D eigenvalue weighted by molar-refractivity contribution is -0.269. The van der Waals surface area contributed by atoms with Gasteiger partial charge in [-0.2, -0.15) is 39.5 Å². The molecule has 0 spiro atoms. The van der Waals surface area contributed by atoms with Crippen LogP contribution in [0.4, 0.5) is 39.5 Å². The Morgan fingerprint density at radius 3 is 1.60 bits per heavy atom. The summed E-state index contributed by atoms with van der Waals surface area (Å²) in [7, 11) is 0. The van der Waals surface area contributed by atoms with Crippen LogP contribution in [0.1, 0.15) is 23.1 Å². The van der Waals surface area contributed by atoms with E-state index >= 15 is 0 Å². The summed E-state index contributed by atoms with van der Waals surface area (Å²) in [5, 5.41) is 10.1. The second-order valence-corrected chi connectivity index (χ2v) is 6.12. The van der Waals surface area contributed by atoms with E-state index in [2.05, 4.69) is 4.74 Å². The van der Waals surface area contributed by atoms with Crippen molar-refractivity contribution < 1.29 is 54.2 Å². The van der Waals surface area contributed by atoms with Crippen molar-refractivity contribution in [3.05, 3.63) is 65.2 Å². The number of aliphatic hydroxyl groups is 1. The molecule has 3 nitrogen and oxygen atoms in total. The quantitative estimate of drug-likeness (QED) is 0.385. The van der Waals surface area contributed by atoms with Gasteiger partial charge in [0.25, 0.3) is 0 Å². The maximum absolute atomic E-state index is 13.5. The molecule has 0 heterocycles. The first-order valence-electron chi connectivity index (χ1n) is 7.89. The number of esters is 1. The fourth-order valence-electron chi connectivity index (χ4n) is 2.42. The van der Waals surface area contributed by atoms with Gasteiger partial charge in [-0.05, 0) is 35.9 Å². The third-order valence-electron chi connectivity index (χ3n) is 3.91. The average Bonchev–Trinajstić information content (AvgIpc) is 2.59. The highest BCUT2D eigenvalue weighted by atomic mass is 19.4. The van der Waals surface area contributed by atoms with Crippen LogP contribution in [0.3, 0.4) is 0 Å². The number of hydrogen-bond donors (Lipinski definition) is 1. The van der Waals surface area contributed by atoms with E-state index in [1.54, 1.807) is 0 Å². The van der Waals surface area contributed by atoms with Crippen molar-refractivity contribution in [2.75, 3.05) is 0 Å². The molecule has 12 heteroatoms. The molecule has 0 amide bonds. The van der Waals surface area contributed by atoms with Gasteiger partial charge in [-0.3, -0.25) is 4.79 Å². The number of carbonyl (C=O) groups excluding carboxylic acids is 1. The Morgan fingerprint density at radius 2 is 1.20 bits per heavy atom. The summed E-state index contributed by atoms with van der Waals surface area (Å²) in [6, 6.07) is 5.51. The number of carbonyl (C=O) groups is 1. The maximum Gasteiger partial charge on any atom is 0.422 e. The van der Waals surface area contributed by atoms with E-state index in [0.717, 1.165) is 12.1 Å². The van der Waals surface area contributed by atoms with Gasteiger partial charge < -0.3 is 9.84 Å². The van der Waals surface area contributed by atoms with Crippen LogP contribution in [0, 0.1) is 0 Å². The third kappa shape index (κ3) is 5.23. The molecule has 1 N–H and O–H groups in total. The van der Waals surface area contributed by atoms with Gasteiger partial charge >= 0.3 is 24.5 Å². The standard InChI is InChI=1S/C18H11F9O3/c19-16(20,21)11-6-10(7-12(8-11)17(22,23)24)15(29,18(25,26)27)9-14(28)30-13-4-2-1-3-5-13/h1-8,29H,9H2. The Bertz CT molecular complexity index is 870. The largest absolute Gasteiger partial charge is 0.426 e. The predicted molar refractivity (Wildman–Crippen MR) is 83.1 cm³/mol. The molecule has 0 fully saturated rings. The number of ether oxygens (including phenoxy) is 1. The Labute approximate surface area is 162 Å². The van der Waals surface area contributed by atoms with E-state index in [0.29, 0.717) is 0 Å². The lowest BCUT2D eigenvalue weighted by Crippen LogP contribution is -2.45. The number of para-hydroxylation sites is 1. The molecule has 30 heavy (non-hydrogen) atoms. The van der Waals surface area contributed by atoms with Crippen molar-refractivity contribution >= 4 is 5.97 Å². The van der Waals surface area contributed by atoms with Crippen molar-refractivity contribution in [2.24, 2.45) is 0 Å². The summed E-state index contributed by atoms with van der Waals surface area (Å²) in [6.07, 6.45) is -18.7. The second-order valence-electron chi connectivity index (χ2n) is 6.12. The summed E-state index contributed by atoms with van der Waals surface area (Å²) >= 11 is 0. The number of alkyl halides is 9.